The van der Waals surface area contributed by atoms with E-state index in [9.17, 15) is 9.18 Å². The van der Waals surface area contributed by atoms with Crippen molar-refractivity contribution >= 4 is 17.3 Å². The lowest BCUT2D eigenvalue weighted by Crippen LogP contribution is -2.15. The van der Waals surface area contributed by atoms with E-state index in [2.05, 4.69) is 5.32 Å². The van der Waals surface area contributed by atoms with Gasteiger partial charge in [0.25, 0.3) is 0 Å². The minimum Gasteiger partial charge on any atom is -0.399 e. The number of nitrogens with one attached hydrogen (secondary N) is 1. The highest BCUT2D eigenvalue weighted by molar-refractivity contribution is 5.91. The highest BCUT2D eigenvalue weighted by Gasteiger charge is 2.06. The fourth-order valence-corrected chi connectivity index (χ4v) is 1.26. The van der Waals surface area contributed by atoms with Crippen molar-refractivity contribution < 1.29 is 13.9 Å². The predicted octanol–water partition coefficient (Wildman–Crippen LogP) is 2.16. The van der Waals surface area contributed by atoms with Crippen molar-refractivity contribution in [3.05, 3.63) is 24.0 Å². The average Bonchev–Trinajstić information content (AvgIpc) is 2.28. The van der Waals surface area contributed by atoms with Crippen molar-refractivity contribution in [1.29, 1.82) is 0 Å². The standard InChI is InChI=1S/C12H17FN2O2/c1-2-6-17-7-5-12(16)15-11-4-3-9(14)8-10(11)13/h3-4,8H,2,5-7,14H2,1H3,(H,15,16). The van der Waals surface area contributed by atoms with Crippen LogP contribution in [0.1, 0.15) is 19.8 Å². The first-order valence-corrected chi connectivity index (χ1v) is 5.56. The molecule has 0 aromatic heterocycles. The topological polar surface area (TPSA) is 64.3 Å². The highest BCUT2D eigenvalue weighted by atomic mass is 19.1. The summed E-state index contributed by atoms with van der Waals surface area (Å²) < 4.78 is 18.5. The van der Waals surface area contributed by atoms with E-state index >= 15 is 0 Å². The molecular weight excluding hydrogens is 223 g/mol. The number of anilines is 2. The molecule has 0 saturated carbocycles. The van der Waals surface area contributed by atoms with Gasteiger partial charge in [-0.15, -0.1) is 0 Å². The molecular formula is C12H17FN2O2. The number of hydrogen-bond acceptors (Lipinski definition) is 3. The van der Waals surface area contributed by atoms with E-state index in [1.807, 2.05) is 6.92 Å². The zero-order valence-electron chi connectivity index (χ0n) is 9.83. The third kappa shape index (κ3) is 4.82. The van der Waals surface area contributed by atoms with Gasteiger partial charge in [-0.25, -0.2) is 4.39 Å². The quantitative estimate of drug-likeness (QED) is 0.591. The average molecular weight is 240 g/mol. The minimum atomic E-state index is -0.534. The Morgan fingerprint density at radius 1 is 1.47 bits per heavy atom. The molecule has 4 nitrogen and oxygen atoms in total. The van der Waals surface area contributed by atoms with Crippen LogP contribution in [0.5, 0.6) is 0 Å². The number of rotatable bonds is 6. The van der Waals surface area contributed by atoms with Crippen LogP contribution in [0.2, 0.25) is 0 Å². The van der Waals surface area contributed by atoms with Crippen LogP contribution in [0.3, 0.4) is 0 Å². The molecule has 0 saturated heterocycles. The number of amides is 1. The van der Waals surface area contributed by atoms with E-state index in [1.165, 1.54) is 18.2 Å². The summed E-state index contributed by atoms with van der Waals surface area (Å²) in [6.45, 7) is 2.96. The van der Waals surface area contributed by atoms with Gasteiger partial charge in [-0.3, -0.25) is 4.79 Å². The van der Waals surface area contributed by atoms with Crippen LogP contribution in [0.25, 0.3) is 0 Å². The monoisotopic (exact) mass is 240 g/mol. The molecule has 1 amide bonds. The summed E-state index contributed by atoms with van der Waals surface area (Å²) in [7, 11) is 0. The molecule has 0 aliphatic rings. The van der Waals surface area contributed by atoms with E-state index in [4.69, 9.17) is 10.5 Å². The molecule has 0 unspecified atom stereocenters. The molecule has 3 N–H and O–H groups in total. The zero-order valence-corrected chi connectivity index (χ0v) is 9.83. The van der Waals surface area contributed by atoms with Crippen molar-refractivity contribution in [3.63, 3.8) is 0 Å². The van der Waals surface area contributed by atoms with Gasteiger partial charge in [0, 0.05) is 12.3 Å². The third-order valence-electron chi connectivity index (χ3n) is 2.09. The molecule has 0 heterocycles. The van der Waals surface area contributed by atoms with Crippen molar-refractivity contribution in [1.82, 2.24) is 0 Å². The fourth-order valence-electron chi connectivity index (χ4n) is 1.26. The summed E-state index contributed by atoms with van der Waals surface area (Å²) in [5.41, 5.74) is 5.86. The van der Waals surface area contributed by atoms with Crippen LogP contribution in [0.15, 0.2) is 18.2 Å². The van der Waals surface area contributed by atoms with Crippen molar-refractivity contribution in [2.24, 2.45) is 0 Å². The van der Waals surface area contributed by atoms with E-state index in [0.29, 0.717) is 18.9 Å². The second-order valence-electron chi connectivity index (χ2n) is 3.65. The maximum atomic E-state index is 13.3. The van der Waals surface area contributed by atoms with E-state index in [1.54, 1.807) is 0 Å². The number of carbonyl (C=O) groups excluding carboxylic acids is 1. The molecule has 1 rings (SSSR count). The van der Waals surface area contributed by atoms with Gasteiger partial charge < -0.3 is 15.8 Å². The van der Waals surface area contributed by atoms with Gasteiger partial charge >= 0.3 is 0 Å². The van der Waals surface area contributed by atoms with E-state index in [-0.39, 0.29) is 18.0 Å². The largest absolute Gasteiger partial charge is 0.399 e. The summed E-state index contributed by atoms with van der Waals surface area (Å²) in [6, 6.07) is 4.14. The van der Waals surface area contributed by atoms with Crippen LogP contribution in [-0.4, -0.2) is 19.1 Å². The Balaban J connectivity index is 2.40. The smallest absolute Gasteiger partial charge is 0.226 e. The highest BCUT2D eigenvalue weighted by Crippen LogP contribution is 2.16. The van der Waals surface area contributed by atoms with Gasteiger partial charge in [0.05, 0.1) is 18.7 Å². The Morgan fingerprint density at radius 2 is 2.24 bits per heavy atom. The maximum absolute atomic E-state index is 13.3. The van der Waals surface area contributed by atoms with Crippen molar-refractivity contribution in [2.75, 3.05) is 24.3 Å². The van der Waals surface area contributed by atoms with E-state index < -0.39 is 5.82 Å². The second kappa shape index (κ2) is 6.85. The summed E-state index contributed by atoms with van der Waals surface area (Å²) in [6.07, 6.45) is 1.12. The summed E-state index contributed by atoms with van der Waals surface area (Å²) in [5.74, 6) is -0.808. The van der Waals surface area contributed by atoms with Crippen molar-refractivity contribution in [2.45, 2.75) is 19.8 Å². The molecule has 0 fully saturated rings. The van der Waals surface area contributed by atoms with Crippen molar-refractivity contribution in [3.8, 4) is 0 Å². The molecule has 0 spiro atoms. The lowest BCUT2D eigenvalue weighted by atomic mass is 10.2. The van der Waals surface area contributed by atoms with Gasteiger partial charge in [0.15, 0.2) is 0 Å². The van der Waals surface area contributed by atoms with Gasteiger partial charge in [0.2, 0.25) is 5.91 Å². The predicted molar refractivity (Wildman–Crippen MR) is 65.2 cm³/mol. The van der Waals surface area contributed by atoms with Crippen LogP contribution in [-0.2, 0) is 9.53 Å². The van der Waals surface area contributed by atoms with Gasteiger partial charge in [-0.1, -0.05) is 6.92 Å². The Morgan fingerprint density at radius 3 is 2.88 bits per heavy atom. The first kappa shape index (κ1) is 13.4. The van der Waals surface area contributed by atoms with Crippen LogP contribution < -0.4 is 11.1 Å². The molecule has 17 heavy (non-hydrogen) atoms. The number of carbonyl (C=O) groups is 1. The van der Waals surface area contributed by atoms with Crippen LogP contribution in [0.4, 0.5) is 15.8 Å². The maximum Gasteiger partial charge on any atom is 0.226 e. The van der Waals surface area contributed by atoms with Crippen LogP contribution in [0, 0.1) is 5.82 Å². The SMILES string of the molecule is CCCOCCC(=O)Nc1ccc(N)cc1F. The number of ether oxygens (including phenoxy) is 1. The molecule has 1 aromatic rings. The van der Waals surface area contributed by atoms with Gasteiger partial charge in [0.1, 0.15) is 5.82 Å². The molecule has 0 radical (unpaired) electrons. The molecule has 1 aromatic carbocycles. The second-order valence-corrected chi connectivity index (χ2v) is 3.65. The lowest BCUT2D eigenvalue weighted by Gasteiger charge is -2.07. The Kier molecular flexibility index (Phi) is 5.42. The first-order valence-electron chi connectivity index (χ1n) is 5.56. The van der Waals surface area contributed by atoms with Gasteiger partial charge in [-0.2, -0.15) is 0 Å². The summed E-state index contributed by atoms with van der Waals surface area (Å²) in [5, 5.41) is 2.46. The molecule has 0 aliphatic heterocycles. The molecule has 94 valence electrons. The number of benzene rings is 1. The Hall–Kier alpha value is -1.62. The number of hydrogen-bond donors (Lipinski definition) is 2. The number of nitrogen functional groups attached to an aromatic ring is 1. The lowest BCUT2D eigenvalue weighted by molar-refractivity contribution is -0.117. The molecule has 0 bridgehead atoms. The number of nitrogens with two attached hydrogens (primary N) is 1. The van der Waals surface area contributed by atoms with Crippen LogP contribution >= 0.6 is 0 Å². The summed E-state index contributed by atoms with van der Waals surface area (Å²) >= 11 is 0. The Bertz CT molecular complexity index is 383. The molecule has 0 atom stereocenters. The third-order valence-corrected chi connectivity index (χ3v) is 2.09. The zero-order chi connectivity index (χ0) is 12.7. The first-order chi connectivity index (χ1) is 8.13. The molecule has 0 aliphatic carbocycles. The van der Waals surface area contributed by atoms with E-state index in [0.717, 1.165) is 6.42 Å². The normalized spacial score (nSPS) is 10.2. The summed E-state index contributed by atoms with van der Waals surface area (Å²) in [4.78, 5) is 11.4. The fraction of sp³-hybridized carbons (Fsp3) is 0.417. The van der Waals surface area contributed by atoms with Gasteiger partial charge in [-0.05, 0) is 24.6 Å². The Labute approximate surface area is 100.0 Å². The number of halogens is 1. The minimum absolute atomic E-state index is 0.139. The molecule has 5 heteroatoms.